The highest BCUT2D eigenvalue weighted by Gasteiger charge is 2.07. The summed E-state index contributed by atoms with van der Waals surface area (Å²) in [6.07, 6.45) is 5.14. The van der Waals surface area contributed by atoms with Crippen LogP contribution in [-0.2, 0) is 6.54 Å². The van der Waals surface area contributed by atoms with Crippen LogP contribution in [0.4, 0.5) is 5.69 Å². The average molecular weight is 330 g/mol. The fourth-order valence-corrected chi connectivity index (χ4v) is 2.05. The van der Waals surface area contributed by atoms with Gasteiger partial charge in [-0.15, -0.1) is 6.58 Å². The number of aliphatic hydroxyl groups is 1. The first-order valence-electron chi connectivity index (χ1n) is 6.31. The molecule has 5 nitrogen and oxygen atoms in total. The number of hydrogen-bond acceptors (Lipinski definition) is 4. The molecule has 1 aromatic heterocycles. The van der Waals surface area contributed by atoms with Crippen LogP contribution < -0.4 is 10.9 Å². The highest BCUT2D eigenvalue weighted by atomic mass is 79.9. The summed E-state index contributed by atoms with van der Waals surface area (Å²) >= 11 is 3.29. The molecular formula is C13H20BrN3O2. The first-order chi connectivity index (χ1) is 9.10. The molecule has 0 aliphatic carbocycles. The van der Waals surface area contributed by atoms with Crippen molar-refractivity contribution in [1.29, 1.82) is 0 Å². The number of allylic oxidation sites excluding steroid dienone is 1. The summed E-state index contributed by atoms with van der Waals surface area (Å²) in [5.74, 6) is 0.309. The molecule has 1 aromatic rings. The summed E-state index contributed by atoms with van der Waals surface area (Å²) in [7, 11) is 0. The largest absolute Gasteiger partial charge is 0.396 e. The molecule has 1 rings (SSSR count). The molecule has 0 aromatic carbocycles. The fraction of sp³-hybridized carbons (Fsp3) is 0.538. The van der Waals surface area contributed by atoms with E-state index < -0.39 is 0 Å². The van der Waals surface area contributed by atoms with Crippen molar-refractivity contribution in [2.24, 2.45) is 5.92 Å². The molecular weight excluding hydrogens is 310 g/mol. The predicted octanol–water partition coefficient (Wildman–Crippen LogP) is 2.01. The summed E-state index contributed by atoms with van der Waals surface area (Å²) < 4.78 is 1.83. The first kappa shape index (κ1) is 15.9. The molecule has 0 aliphatic rings. The predicted molar refractivity (Wildman–Crippen MR) is 80.4 cm³/mol. The van der Waals surface area contributed by atoms with Crippen molar-refractivity contribution in [1.82, 2.24) is 9.78 Å². The van der Waals surface area contributed by atoms with Gasteiger partial charge in [-0.2, -0.15) is 5.10 Å². The van der Waals surface area contributed by atoms with Crippen molar-refractivity contribution in [2.45, 2.75) is 26.3 Å². The van der Waals surface area contributed by atoms with E-state index in [0.29, 0.717) is 22.6 Å². The summed E-state index contributed by atoms with van der Waals surface area (Å²) in [6, 6.07) is 0. The lowest BCUT2D eigenvalue weighted by atomic mass is 10.1. The quantitative estimate of drug-likeness (QED) is 0.565. The minimum atomic E-state index is -0.173. The Bertz CT molecular complexity index is 473. The van der Waals surface area contributed by atoms with Gasteiger partial charge in [0.25, 0.3) is 5.56 Å². The Hall–Kier alpha value is -1.14. The Morgan fingerprint density at radius 2 is 2.42 bits per heavy atom. The molecule has 1 atom stereocenters. The second-order valence-electron chi connectivity index (χ2n) is 4.50. The zero-order chi connectivity index (χ0) is 14.3. The monoisotopic (exact) mass is 329 g/mol. The van der Waals surface area contributed by atoms with Gasteiger partial charge in [-0.3, -0.25) is 4.79 Å². The Morgan fingerprint density at radius 3 is 3.05 bits per heavy atom. The van der Waals surface area contributed by atoms with E-state index in [1.54, 1.807) is 12.3 Å². The normalized spacial score (nSPS) is 12.2. The molecule has 2 N–H and O–H groups in total. The number of aliphatic hydroxyl groups excluding tert-OH is 1. The SMILES string of the molecule is C=CCn1ncc(NCCCC(C)CO)c(Br)c1=O. The Balaban J connectivity index is 2.58. The summed E-state index contributed by atoms with van der Waals surface area (Å²) in [5.41, 5.74) is 0.524. The van der Waals surface area contributed by atoms with Gasteiger partial charge >= 0.3 is 0 Å². The second kappa shape index (κ2) is 8.12. The molecule has 1 heterocycles. The van der Waals surface area contributed by atoms with E-state index in [9.17, 15) is 4.79 Å². The molecule has 0 saturated heterocycles. The lowest BCUT2D eigenvalue weighted by Crippen LogP contribution is -2.24. The van der Waals surface area contributed by atoms with Gasteiger partial charge in [-0.05, 0) is 34.7 Å². The number of anilines is 1. The zero-order valence-electron chi connectivity index (χ0n) is 11.1. The van der Waals surface area contributed by atoms with E-state index >= 15 is 0 Å². The molecule has 6 heteroatoms. The summed E-state index contributed by atoms with van der Waals surface area (Å²) in [5, 5.41) is 16.2. The average Bonchev–Trinajstić information content (AvgIpc) is 2.42. The molecule has 0 aliphatic heterocycles. The number of aromatic nitrogens is 2. The van der Waals surface area contributed by atoms with E-state index in [0.717, 1.165) is 19.4 Å². The van der Waals surface area contributed by atoms with E-state index in [2.05, 4.69) is 32.9 Å². The van der Waals surface area contributed by atoms with E-state index in [4.69, 9.17) is 5.11 Å². The third kappa shape index (κ3) is 4.80. The number of nitrogens with one attached hydrogen (secondary N) is 1. The van der Waals surface area contributed by atoms with Crippen LogP contribution in [0.2, 0.25) is 0 Å². The van der Waals surface area contributed by atoms with Crippen molar-refractivity contribution >= 4 is 21.6 Å². The second-order valence-corrected chi connectivity index (χ2v) is 5.30. The van der Waals surface area contributed by atoms with Crippen LogP contribution in [-0.4, -0.2) is 28.0 Å². The lowest BCUT2D eigenvalue weighted by molar-refractivity contribution is 0.229. The Morgan fingerprint density at radius 1 is 1.68 bits per heavy atom. The van der Waals surface area contributed by atoms with Gasteiger partial charge in [-0.1, -0.05) is 13.0 Å². The van der Waals surface area contributed by atoms with E-state index in [1.807, 2.05) is 6.92 Å². The molecule has 0 saturated carbocycles. The lowest BCUT2D eigenvalue weighted by Gasteiger charge is -2.11. The van der Waals surface area contributed by atoms with Gasteiger partial charge in [-0.25, -0.2) is 4.68 Å². The maximum atomic E-state index is 11.9. The molecule has 0 spiro atoms. The van der Waals surface area contributed by atoms with Crippen LogP contribution in [0.1, 0.15) is 19.8 Å². The van der Waals surface area contributed by atoms with Gasteiger partial charge in [0.2, 0.25) is 0 Å². The molecule has 0 radical (unpaired) electrons. The van der Waals surface area contributed by atoms with Crippen LogP contribution in [0.25, 0.3) is 0 Å². The van der Waals surface area contributed by atoms with Crippen molar-refractivity contribution in [3.8, 4) is 0 Å². The van der Waals surface area contributed by atoms with Crippen molar-refractivity contribution in [3.63, 3.8) is 0 Å². The molecule has 0 amide bonds. The van der Waals surface area contributed by atoms with Crippen LogP contribution >= 0.6 is 15.9 Å². The number of halogens is 1. The fourth-order valence-electron chi connectivity index (χ4n) is 1.61. The van der Waals surface area contributed by atoms with Crippen molar-refractivity contribution < 1.29 is 5.11 Å². The maximum Gasteiger partial charge on any atom is 0.283 e. The first-order valence-corrected chi connectivity index (χ1v) is 7.10. The smallest absolute Gasteiger partial charge is 0.283 e. The number of rotatable bonds is 8. The van der Waals surface area contributed by atoms with Gasteiger partial charge in [0.15, 0.2) is 0 Å². The molecule has 19 heavy (non-hydrogen) atoms. The minimum absolute atomic E-state index is 0.173. The Kier molecular flexibility index (Phi) is 6.80. The third-order valence-corrected chi connectivity index (χ3v) is 3.55. The topological polar surface area (TPSA) is 67.2 Å². The molecule has 0 fully saturated rings. The van der Waals surface area contributed by atoms with Crippen molar-refractivity contribution in [2.75, 3.05) is 18.5 Å². The van der Waals surface area contributed by atoms with Gasteiger partial charge in [0.05, 0.1) is 18.4 Å². The van der Waals surface area contributed by atoms with Crippen LogP contribution in [0.5, 0.6) is 0 Å². The maximum absolute atomic E-state index is 11.9. The number of hydrogen-bond donors (Lipinski definition) is 2. The standard InChI is InChI=1S/C13H20BrN3O2/c1-3-7-17-13(19)12(14)11(8-16-17)15-6-4-5-10(2)9-18/h3,8,10,15,18H,1,4-7,9H2,2H3. The zero-order valence-corrected chi connectivity index (χ0v) is 12.7. The highest BCUT2D eigenvalue weighted by Crippen LogP contribution is 2.16. The van der Waals surface area contributed by atoms with E-state index in [-0.39, 0.29) is 12.2 Å². The molecule has 106 valence electrons. The van der Waals surface area contributed by atoms with Crippen LogP contribution in [0, 0.1) is 5.92 Å². The molecule has 1 unspecified atom stereocenters. The minimum Gasteiger partial charge on any atom is -0.396 e. The van der Waals surface area contributed by atoms with Crippen LogP contribution in [0.3, 0.4) is 0 Å². The van der Waals surface area contributed by atoms with Gasteiger partial charge in [0.1, 0.15) is 4.47 Å². The van der Waals surface area contributed by atoms with Gasteiger partial charge < -0.3 is 10.4 Å². The highest BCUT2D eigenvalue weighted by molar-refractivity contribution is 9.10. The van der Waals surface area contributed by atoms with Crippen LogP contribution in [0.15, 0.2) is 28.1 Å². The number of nitrogens with zero attached hydrogens (tertiary/aromatic N) is 2. The van der Waals surface area contributed by atoms with Gasteiger partial charge in [0, 0.05) is 13.2 Å². The van der Waals surface area contributed by atoms with E-state index in [1.165, 1.54) is 4.68 Å². The summed E-state index contributed by atoms with van der Waals surface area (Å²) in [4.78, 5) is 11.9. The summed E-state index contributed by atoms with van der Waals surface area (Å²) in [6.45, 7) is 6.94. The third-order valence-electron chi connectivity index (χ3n) is 2.79. The Labute approximate surface area is 121 Å². The molecule has 0 bridgehead atoms. The van der Waals surface area contributed by atoms with Crippen molar-refractivity contribution in [3.05, 3.63) is 33.7 Å².